The molecule has 1 saturated heterocycles. The van der Waals surface area contributed by atoms with Gasteiger partial charge in [0.2, 0.25) is 5.95 Å². The lowest BCUT2D eigenvalue weighted by Gasteiger charge is -2.28. The van der Waals surface area contributed by atoms with Gasteiger partial charge in [-0.1, -0.05) is 0 Å². The molecule has 5 rings (SSSR count). The molecule has 0 radical (unpaired) electrons. The van der Waals surface area contributed by atoms with Crippen LogP contribution in [0.25, 0.3) is 11.3 Å². The van der Waals surface area contributed by atoms with Gasteiger partial charge in [-0.3, -0.25) is 0 Å². The summed E-state index contributed by atoms with van der Waals surface area (Å²) in [7, 11) is 0. The molecule has 0 spiro atoms. The molecular formula is C22H24N6O3. The number of aromatic nitrogens is 4. The number of hydrogen-bond acceptors (Lipinski definition) is 9. The van der Waals surface area contributed by atoms with Crippen LogP contribution in [0.1, 0.15) is 11.4 Å². The summed E-state index contributed by atoms with van der Waals surface area (Å²) in [5, 5.41) is 3.44. The summed E-state index contributed by atoms with van der Waals surface area (Å²) in [6.45, 7) is 7.78. The topological polar surface area (TPSA) is 94.5 Å². The zero-order valence-corrected chi connectivity index (χ0v) is 17.6. The molecule has 9 nitrogen and oxygen atoms in total. The molecular weight excluding hydrogens is 396 g/mol. The first-order chi connectivity index (χ1) is 15.2. The fourth-order valence-corrected chi connectivity index (χ4v) is 3.59. The van der Waals surface area contributed by atoms with Gasteiger partial charge in [-0.25, -0.2) is 15.0 Å². The first-order valence-corrected chi connectivity index (χ1v) is 10.3. The number of hydrogen-bond donors (Lipinski definition) is 1. The van der Waals surface area contributed by atoms with Crippen LogP contribution in [0.3, 0.4) is 0 Å². The molecule has 0 atom stereocenters. The summed E-state index contributed by atoms with van der Waals surface area (Å²) in [5.41, 5.74) is 3.44. The summed E-state index contributed by atoms with van der Waals surface area (Å²) in [6, 6.07) is 5.79. The molecule has 2 aromatic heterocycles. The molecule has 0 amide bonds. The second kappa shape index (κ2) is 8.35. The number of benzene rings is 1. The second-order valence-electron chi connectivity index (χ2n) is 7.45. The average molecular weight is 420 g/mol. The second-order valence-corrected chi connectivity index (χ2v) is 7.45. The summed E-state index contributed by atoms with van der Waals surface area (Å²) in [5.74, 6) is 3.58. The number of nitrogens with one attached hydrogen (secondary N) is 1. The molecule has 9 heteroatoms. The summed E-state index contributed by atoms with van der Waals surface area (Å²) in [6.07, 6.45) is 3.60. The highest BCUT2D eigenvalue weighted by molar-refractivity contribution is 5.73. The number of morpholine rings is 1. The molecule has 31 heavy (non-hydrogen) atoms. The van der Waals surface area contributed by atoms with E-state index >= 15 is 0 Å². The van der Waals surface area contributed by atoms with E-state index in [0.29, 0.717) is 32.4 Å². The Kier molecular flexibility index (Phi) is 5.25. The van der Waals surface area contributed by atoms with E-state index in [4.69, 9.17) is 24.2 Å². The molecule has 1 fully saturated rings. The Labute approximate surface area is 180 Å². The number of nitrogens with zero attached hydrogens (tertiary/aromatic N) is 5. The third kappa shape index (κ3) is 4.09. The molecule has 0 bridgehead atoms. The molecule has 4 heterocycles. The quantitative estimate of drug-likeness (QED) is 0.683. The van der Waals surface area contributed by atoms with Crippen molar-refractivity contribution in [3.63, 3.8) is 0 Å². The van der Waals surface area contributed by atoms with Crippen LogP contribution in [0, 0.1) is 13.8 Å². The maximum absolute atomic E-state index is 5.72. The van der Waals surface area contributed by atoms with Crippen LogP contribution in [0.4, 0.5) is 17.5 Å². The van der Waals surface area contributed by atoms with Gasteiger partial charge in [0.15, 0.2) is 11.5 Å². The molecule has 160 valence electrons. The lowest BCUT2D eigenvalue weighted by molar-refractivity contribution is 0.122. The predicted octanol–water partition coefficient (Wildman–Crippen LogP) is 2.90. The monoisotopic (exact) mass is 420 g/mol. The van der Waals surface area contributed by atoms with Crippen LogP contribution >= 0.6 is 0 Å². The molecule has 1 N–H and O–H groups in total. The van der Waals surface area contributed by atoms with Gasteiger partial charge in [-0.2, -0.15) is 4.98 Å². The van der Waals surface area contributed by atoms with Gasteiger partial charge < -0.3 is 24.4 Å². The third-order valence-corrected chi connectivity index (χ3v) is 5.29. The van der Waals surface area contributed by atoms with Crippen molar-refractivity contribution < 1.29 is 14.2 Å². The third-order valence-electron chi connectivity index (χ3n) is 5.29. The Balaban J connectivity index is 1.55. The molecule has 1 aromatic carbocycles. The van der Waals surface area contributed by atoms with Crippen molar-refractivity contribution >= 4 is 17.5 Å². The Morgan fingerprint density at radius 1 is 0.903 bits per heavy atom. The first-order valence-electron chi connectivity index (χ1n) is 10.3. The van der Waals surface area contributed by atoms with Crippen molar-refractivity contribution in [3.05, 3.63) is 42.0 Å². The van der Waals surface area contributed by atoms with Crippen LogP contribution in [0.2, 0.25) is 0 Å². The van der Waals surface area contributed by atoms with Crippen LogP contribution in [-0.2, 0) is 4.74 Å². The van der Waals surface area contributed by atoms with E-state index in [9.17, 15) is 0 Å². The zero-order chi connectivity index (χ0) is 21.2. The Morgan fingerprint density at radius 2 is 1.65 bits per heavy atom. The highest BCUT2D eigenvalue weighted by Gasteiger charge is 2.20. The van der Waals surface area contributed by atoms with E-state index in [2.05, 4.69) is 20.2 Å². The number of ether oxygens (including phenoxy) is 3. The lowest BCUT2D eigenvalue weighted by atomic mass is 10.1. The van der Waals surface area contributed by atoms with Gasteiger partial charge in [0.25, 0.3) is 0 Å². The lowest BCUT2D eigenvalue weighted by Crippen LogP contribution is -2.37. The fraction of sp³-hybridized carbons (Fsp3) is 0.364. The largest absolute Gasteiger partial charge is 0.486 e. The molecule has 2 aliphatic rings. The van der Waals surface area contributed by atoms with Gasteiger partial charge in [-0.05, 0) is 26.0 Å². The van der Waals surface area contributed by atoms with Gasteiger partial charge >= 0.3 is 0 Å². The average Bonchev–Trinajstić information content (AvgIpc) is 2.81. The van der Waals surface area contributed by atoms with Crippen LogP contribution in [0.5, 0.6) is 11.5 Å². The highest BCUT2D eigenvalue weighted by atomic mass is 16.6. The summed E-state index contributed by atoms with van der Waals surface area (Å²) >= 11 is 0. The fourth-order valence-electron chi connectivity index (χ4n) is 3.59. The minimum atomic E-state index is 0.543. The van der Waals surface area contributed by atoms with Gasteiger partial charge in [0.1, 0.15) is 24.9 Å². The predicted molar refractivity (Wildman–Crippen MR) is 116 cm³/mol. The molecule has 0 saturated carbocycles. The maximum Gasteiger partial charge on any atom is 0.228 e. The number of rotatable bonds is 4. The Morgan fingerprint density at radius 3 is 2.42 bits per heavy atom. The van der Waals surface area contributed by atoms with Gasteiger partial charge in [0, 0.05) is 48.4 Å². The van der Waals surface area contributed by atoms with Crippen molar-refractivity contribution in [2.75, 3.05) is 49.7 Å². The molecule has 0 unspecified atom stereocenters. The van der Waals surface area contributed by atoms with Crippen LogP contribution < -0.4 is 19.7 Å². The number of anilines is 3. The van der Waals surface area contributed by atoms with E-state index in [1.165, 1.54) is 0 Å². The van der Waals surface area contributed by atoms with Gasteiger partial charge in [-0.15, -0.1) is 0 Å². The van der Waals surface area contributed by atoms with Crippen LogP contribution in [0.15, 0.2) is 30.6 Å². The van der Waals surface area contributed by atoms with Crippen LogP contribution in [-0.4, -0.2) is 59.5 Å². The Bertz CT molecular complexity index is 1080. The van der Waals surface area contributed by atoms with Crippen molar-refractivity contribution in [1.29, 1.82) is 0 Å². The van der Waals surface area contributed by atoms with E-state index in [0.717, 1.165) is 58.7 Å². The summed E-state index contributed by atoms with van der Waals surface area (Å²) in [4.78, 5) is 20.5. The number of aryl methyl sites for hydroxylation is 1. The minimum absolute atomic E-state index is 0.543. The SMILES string of the molecule is Cc1ncc(-c2nc(N3CCOCC3)nc(Nc3ccc4c(c3)OCCO4)c2C)cn1. The van der Waals surface area contributed by atoms with Gasteiger partial charge in [0.05, 0.1) is 18.9 Å². The van der Waals surface area contributed by atoms with Crippen molar-refractivity contribution in [2.45, 2.75) is 13.8 Å². The maximum atomic E-state index is 5.72. The molecule has 3 aromatic rings. The smallest absolute Gasteiger partial charge is 0.228 e. The normalized spacial score (nSPS) is 15.6. The van der Waals surface area contributed by atoms with E-state index < -0.39 is 0 Å². The minimum Gasteiger partial charge on any atom is -0.486 e. The zero-order valence-electron chi connectivity index (χ0n) is 17.6. The van der Waals surface area contributed by atoms with Crippen molar-refractivity contribution in [2.24, 2.45) is 0 Å². The van der Waals surface area contributed by atoms with E-state index in [1.54, 1.807) is 12.4 Å². The van der Waals surface area contributed by atoms with E-state index in [-0.39, 0.29) is 0 Å². The Hall–Kier alpha value is -3.46. The first kappa shape index (κ1) is 19.5. The number of fused-ring (bicyclic) bond motifs is 1. The van der Waals surface area contributed by atoms with E-state index in [1.807, 2.05) is 32.0 Å². The summed E-state index contributed by atoms with van der Waals surface area (Å²) < 4.78 is 16.8. The van der Waals surface area contributed by atoms with Crippen molar-refractivity contribution in [3.8, 4) is 22.8 Å². The molecule has 0 aliphatic carbocycles. The van der Waals surface area contributed by atoms with Crippen molar-refractivity contribution in [1.82, 2.24) is 19.9 Å². The standard InChI is InChI=1S/C22H24N6O3/c1-14-20(16-12-23-15(2)24-13-16)26-22(28-5-7-29-8-6-28)27-21(14)25-17-3-4-18-19(11-17)31-10-9-30-18/h3-4,11-13H,5-10H2,1-2H3,(H,25,26,27). The molecule has 2 aliphatic heterocycles. The highest BCUT2D eigenvalue weighted by Crippen LogP contribution is 2.35.